The van der Waals surface area contributed by atoms with Crippen molar-refractivity contribution in [2.45, 2.75) is 57.3 Å². The maximum Gasteiger partial charge on any atom is 0.419 e. The molecule has 2 saturated carbocycles. The van der Waals surface area contributed by atoms with E-state index in [4.69, 9.17) is 10.8 Å². The number of nitrogen functional groups attached to an aromatic ring is 1. The van der Waals surface area contributed by atoms with Crippen molar-refractivity contribution < 1.29 is 21.6 Å². The molecule has 1 aliphatic heterocycles. The lowest BCUT2D eigenvalue weighted by atomic mass is 10.0. The quantitative estimate of drug-likeness (QED) is 0.677. The van der Waals surface area contributed by atoms with Gasteiger partial charge in [0.05, 0.1) is 22.8 Å². The van der Waals surface area contributed by atoms with E-state index in [2.05, 4.69) is 23.7 Å². The van der Waals surface area contributed by atoms with E-state index in [1.165, 1.54) is 6.20 Å². The molecule has 3 fully saturated rings. The molecule has 0 amide bonds. The van der Waals surface area contributed by atoms with Gasteiger partial charge in [-0.15, -0.1) is 0 Å². The van der Waals surface area contributed by atoms with Gasteiger partial charge in [-0.25, -0.2) is 13.4 Å². The third-order valence-corrected chi connectivity index (χ3v) is 9.56. The van der Waals surface area contributed by atoms with Crippen molar-refractivity contribution in [3.8, 4) is 11.3 Å². The summed E-state index contributed by atoms with van der Waals surface area (Å²) in [4.78, 5) is 6.10. The summed E-state index contributed by atoms with van der Waals surface area (Å²) in [6, 6.07) is 3.49. The number of anilines is 1. The maximum atomic E-state index is 13.4. The Bertz CT molecular complexity index is 1170. The number of nitrogens with zero attached hydrogens (tertiary/aromatic N) is 4. The van der Waals surface area contributed by atoms with Crippen LogP contribution in [0, 0.1) is 11.8 Å². The molecule has 0 bridgehead atoms. The Morgan fingerprint density at radius 2 is 1.82 bits per heavy atom. The van der Waals surface area contributed by atoms with Crippen LogP contribution in [0.2, 0.25) is 0 Å². The minimum absolute atomic E-state index is 0.122. The SMILES string of the molecule is CCC(C)n1nc(-c2cnc(N)c(C(F)(F)F)c2)cc1C1C2CC(N3CCS(=O)(=O)CC3)CC21. The zero-order valence-corrected chi connectivity index (χ0v) is 20.1. The summed E-state index contributed by atoms with van der Waals surface area (Å²) in [5.41, 5.74) is 6.39. The molecule has 186 valence electrons. The maximum absolute atomic E-state index is 13.4. The first-order valence-corrected chi connectivity index (χ1v) is 13.7. The molecule has 2 aromatic rings. The molecule has 34 heavy (non-hydrogen) atoms. The van der Waals surface area contributed by atoms with Gasteiger partial charge in [0, 0.05) is 48.5 Å². The normalized spacial score (nSPS) is 29.7. The summed E-state index contributed by atoms with van der Waals surface area (Å²) in [5, 5.41) is 4.71. The topological polar surface area (TPSA) is 94.1 Å². The molecule has 5 rings (SSSR count). The molecule has 11 heteroatoms. The Morgan fingerprint density at radius 1 is 1.18 bits per heavy atom. The molecule has 2 N–H and O–H groups in total. The predicted octanol–water partition coefficient (Wildman–Crippen LogP) is 3.74. The minimum Gasteiger partial charge on any atom is -0.383 e. The molecule has 7 nitrogen and oxygen atoms in total. The number of aromatic nitrogens is 3. The average molecular weight is 498 g/mol. The number of rotatable bonds is 5. The van der Waals surface area contributed by atoms with Crippen LogP contribution in [0.15, 0.2) is 18.3 Å². The van der Waals surface area contributed by atoms with Gasteiger partial charge in [-0.1, -0.05) is 6.92 Å². The Hall–Kier alpha value is -2.14. The van der Waals surface area contributed by atoms with E-state index < -0.39 is 27.4 Å². The van der Waals surface area contributed by atoms with E-state index in [1.54, 1.807) is 0 Å². The minimum atomic E-state index is -4.58. The number of pyridine rings is 1. The monoisotopic (exact) mass is 497 g/mol. The summed E-state index contributed by atoms with van der Waals surface area (Å²) in [6.45, 7) is 5.35. The highest BCUT2D eigenvalue weighted by atomic mass is 32.2. The standard InChI is InChI=1S/C23H30F3N5O2S/c1-3-13(2)31-20(11-19(29-31)14-8-18(23(24,25)26)22(27)28-12-14)21-16-9-15(10-17(16)21)30-4-6-34(32,33)7-5-30/h8,11-13,15-17,21H,3-7,9-10H2,1-2H3,(H2,27,28). The summed E-state index contributed by atoms with van der Waals surface area (Å²) in [5.74, 6) is 1.29. The molecular formula is C23H30F3N5O2S. The molecule has 0 spiro atoms. The molecule has 1 saturated heterocycles. The highest BCUT2D eigenvalue weighted by Crippen LogP contribution is 2.64. The van der Waals surface area contributed by atoms with Gasteiger partial charge in [-0.2, -0.15) is 18.3 Å². The van der Waals surface area contributed by atoms with Crippen LogP contribution in [0.25, 0.3) is 11.3 Å². The smallest absolute Gasteiger partial charge is 0.383 e. The van der Waals surface area contributed by atoms with Crippen molar-refractivity contribution in [3.63, 3.8) is 0 Å². The molecule has 2 aliphatic carbocycles. The number of alkyl halides is 3. The zero-order chi connectivity index (χ0) is 24.4. The number of hydrogen-bond donors (Lipinski definition) is 1. The van der Waals surface area contributed by atoms with Crippen molar-refractivity contribution in [1.29, 1.82) is 0 Å². The van der Waals surface area contributed by atoms with Crippen LogP contribution < -0.4 is 5.73 Å². The summed E-state index contributed by atoms with van der Waals surface area (Å²) >= 11 is 0. The van der Waals surface area contributed by atoms with E-state index in [1.807, 2.05) is 10.7 Å². The fourth-order valence-electron chi connectivity index (χ4n) is 5.81. The van der Waals surface area contributed by atoms with Crippen LogP contribution in [0.1, 0.15) is 56.3 Å². The van der Waals surface area contributed by atoms with Gasteiger partial charge in [0.25, 0.3) is 0 Å². The first-order chi connectivity index (χ1) is 16.0. The third-order valence-electron chi connectivity index (χ3n) is 7.95. The first kappa shape index (κ1) is 23.6. The highest BCUT2D eigenvalue weighted by Gasteiger charge is 2.58. The Balaban J connectivity index is 1.37. The second-order valence-electron chi connectivity index (χ2n) is 9.98. The van der Waals surface area contributed by atoms with E-state index in [0.717, 1.165) is 31.0 Å². The molecule has 2 aromatic heterocycles. The van der Waals surface area contributed by atoms with E-state index in [9.17, 15) is 21.6 Å². The van der Waals surface area contributed by atoms with Crippen LogP contribution in [0.3, 0.4) is 0 Å². The zero-order valence-electron chi connectivity index (χ0n) is 19.3. The summed E-state index contributed by atoms with van der Waals surface area (Å²) in [6.07, 6.45) is -0.317. The molecule has 3 heterocycles. The van der Waals surface area contributed by atoms with E-state index in [0.29, 0.717) is 48.1 Å². The van der Waals surface area contributed by atoms with Crippen LogP contribution in [0.5, 0.6) is 0 Å². The number of hydrogen-bond acceptors (Lipinski definition) is 6. The molecule has 0 aromatic carbocycles. The van der Waals surface area contributed by atoms with E-state index >= 15 is 0 Å². The second kappa shape index (κ2) is 8.22. The van der Waals surface area contributed by atoms with Crippen LogP contribution >= 0.6 is 0 Å². The van der Waals surface area contributed by atoms with Crippen molar-refractivity contribution in [2.75, 3.05) is 30.3 Å². The van der Waals surface area contributed by atoms with Gasteiger partial charge in [0.2, 0.25) is 0 Å². The largest absolute Gasteiger partial charge is 0.419 e. The lowest BCUT2D eigenvalue weighted by Gasteiger charge is -2.33. The van der Waals surface area contributed by atoms with Crippen molar-refractivity contribution >= 4 is 15.7 Å². The molecule has 3 unspecified atom stereocenters. The lowest BCUT2D eigenvalue weighted by Crippen LogP contribution is -2.45. The molecule has 3 atom stereocenters. The van der Waals surface area contributed by atoms with Gasteiger partial charge in [0.15, 0.2) is 9.84 Å². The summed E-state index contributed by atoms with van der Waals surface area (Å²) in [7, 11) is -2.89. The molecular weight excluding hydrogens is 467 g/mol. The van der Waals surface area contributed by atoms with Crippen LogP contribution in [-0.4, -0.2) is 58.7 Å². The van der Waals surface area contributed by atoms with Gasteiger partial charge in [-0.3, -0.25) is 9.58 Å². The van der Waals surface area contributed by atoms with Gasteiger partial charge in [0.1, 0.15) is 5.82 Å². The Morgan fingerprint density at radius 3 is 2.41 bits per heavy atom. The Labute approximate surface area is 197 Å². The van der Waals surface area contributed by atoms with Crippen LogP contribution in [-0.2, 0) is 16.0 Å². The van der Waals surface area contributed by atoms with Crippen LogP contribution in [0.4, 0.5) is 19.0 Å². The van der Waals surface area contributed by atoms with Crippen molar-refractivity contribution in [2.24, 2.45) is 11.8 Å². The van der Waals surface area contributed by atoms with Crippen molar-refractivity contribution in [3.05, 3.63) is 29.6 Å². The van der Waals surface area contributed by atoms with Gasteiger partial charge >= 0.3 is 6.18 Å². The van der Waals surface area contributed by atoms with Crippen molar-refractivity contribution in [1.82, 2.24) is 19.7 Å². The van der Waals surface area contributed by atoms with Gasteiger partial charge < -0.3 is 5.73 Å². The number of nitrogens with two attached hydrogens (primary N) is 1. The third kappa shape index (κ3) is 4.21. The highest BCUT2D eigenvalue weighted by molar-refractivity contribution is 7.91. The number of sulfone groups is 1. The lowest BCUT2D eigenvalue weighted by molar-refractivity contribution is -0.137. The second-order valence-corrected chi connectivity index (χ2v) is 12.3. The molecule has 0 radical (unpaired) electrons. The first-order valence-electron chi connectivity index (χ1n) is 11.9. The predicted molar refractivity (Wildman–Crippen MR) is 123 cm³/mol. The number of halogens is 3. The number of fused-ring (bicyclic) bond motifs is 1. The molecule has 3 aliphatic rings. The van der Waals surface area contributed by atoms with Gasteiger partial charge in [-0.05, 0) is 50.2 Å². The van der Waals surface area contributed by atoms with E-state index in [-0.39, 0.29) is 17.5 Å². The Kier molecular flexibility index (Phi) is 5.70. The average Bonchev–Trinajstić information content (AvgIpc) is 3.12. The fourth-order valence-corrected chi connectivity index (χ4v) is 7.04. The summed E-state index contributed by atoms with van der Waals surface area (Å²) < 4.78 is 65.6. The fraction of sp³-hybridized carbons (Fsp3) is 0.652.